The zero-order valence-electron chi connectivity index (χ0n) is 20.7. The number of ether oxygens (including phenoxy) is 1. The highest BCUT2D eigenvalue weighted by Gasteiger charge is 2.29. The Kier molecular flexibility index (Phi) is 12.3. The SMILES string of the molecule is CCN1CCCCN(C(=O)c2ccccc2OC)C(c2ccccc2)CC(=O)NCCC1.O=CO. The lowest BCUT2D eigenvalue weighted by molar-refractivity contribution is -0.123. The van der Waals surface area contributed by atoms with E-state index in [0.29, 0.717) is 24.4 Å². The quantitative estimate of drug-likeness (QED) is 0.645. The monoisotopic (exact) mass is 483 g/mol. The van der Waals surface area contributed by atoms with Gasteiger partial charge in [-0.05, 0) is 56.6 Å². The summed E-state index contributed by atoms with van der Waals surface area (Å²) in [5.41, 5.74) is 1.49. The first-order valence-electron chi connectivity index (χ1n) is 12.1. The minimum absolute atomic E-state index is 0.0287. The van der Waals surface area contributed by atoms with E-state index in [4.69, 9.17) is 14.6 Å². The zero-order valence-corrected chi connectivity index (χ0v) is 20.7. The van der Waals surface area contributed by atoms with Crippen LogP contribution in [0.2, 0.25) is 0 Å². The fourth-order valence-electron chi connectivity index (χ4n) is 4.28. The molecule has 2 amide bonds. The Morgan fingerprint density at radius 1 is 1.06 bits per heavy atom. The summed E-state index contributed by atoms with van der Waals surface area (Å²) in [4.78, 5) is 39.3. The first-order valence-corrected chi connectivity index (χ1v) is 12.1. The van der Waals surface area contributed by atoms with Crippen molar-refractivity contribution in [1.29, 1.82) is 0 Å². The number of hydrogen-bond donors (Lipinski definition) is 2. The number of carboxylic acid groups (broad SMARTS) is 1. The summed E-state index contributed by atoms with van der Waals surface area (Å²) in [6, 6.07) is 16.8. The molecular weight excluding hydrogens is 446 g/mol. The average Bonchev–Trinajstić information content (AvgIpc) is 2.90. The third kappa shape index (κ3) is 8.72. The molecule has 8 heteroatoms. The Morgan fingerprint density at radius 3 is 2.37 bits per heavy atom. The number of hydrogen-bond acceptors (Lipinski definition) is 5. The Bertz CT molecular complexity index is 922. The highest BCUT2D eigenvalue weighted by atomic mass is 16.5. The van der Waals surface area contributed by atoms with Gasteiger partial charge in [0, 0.05) is 13.1 Å². The van der Waals surface area contributed by atoms with Crippen LogP contribution >= 0.6 is 0 Å². The van der Waals surface area contributed by atoms with Gasteiger partial charge in [0.15, 0.2) is 0 Å². The van der Waals surface area contributed by atoms with Gasteiger partial charge in [-0.2, -0.15) is 0 Å². The van der Waals surface area contributed by atoms with Gasteiger partial charge >= 0.3 is 0 Å². The molecule has 0 radical (unpaired) electrons. The molecule has 190 valence electrons. The van der Waals surface area contributed by atoms with Crippen molar-refractivity contribution < 1.29 is 24.2 Å². The molecule has 0 spiro atoms. The molecule has 2 N–H and O–H groups in total. The lowest BCUT2D eigenvalue weighted by atomic mass is 9.99. The highest BCUT2D eigenvalue weighted by molar-refractivity contribution is 5.97. The summed E-state index contributed by atoms with van der Waals surface area (Å²) >= 11 is 0. The van der Waals surface area contributed by atoms with E-state index >= 15 is 0 Å². The summed E-state index contributed by atoms with van der Waals surface area (Å²) in [5.74, 6) is 0.416. The van der Waals surface area contributed by atoms with Gasteiger partial charge < -0.3 is 25.0 Å². The van der Waals surface area contributed by atoms with E-state index in [0.717, 1.165) is 44.5 Å². The van der Waals surface area contributed by atoms with Crippen LogP contribution < -0.4 is 10.1 Å². The third-order valence-electron chi connectivity index (χ3n) is 6.08. The van der Waals surface area contributed by atoms with Crippen LogP contribution in [-0.2, 0) is 9.59 Å². The third-order valence-corrected chi connectivity index (χ3v) is 6.08. The largest absolute Gasteiger partial charge is 0.496 e. The van der Waals surface area contributed by atoms with Crippen molar-refractivity contribution in [3.63, 3.8) is 0 Å². The minimum atomic E-state index is -0.336. The summed E-state index contributed by atoms with van der Waals surface area (Å²) in [7, 11) is 1.58. The minimum Gasteiger partial charge on any atom is -0.496 e. The van der Waals surface area contributed by atoms with Crippen LogP contribution in [0.15, 0.2) is 54.6 Å². The van der Waals surface area contributed by atoms with Crippen molar-refractivity contribution in [2.45, 2.75) is 38.6 Å². The maximum absolute atomic E-state index is 13.8. The molecule has 3 rings (SSSR count). The van der Waals surface area contributed by atoms with Gasteiger partial charge in [0.05, 0.1) is 25.1 Å². The van der Waals surface area contributed by atoms with Crippen LogP contribution in [0.5, 0.6) is 5.75 Å². The summed E-state index contributed by atoms with van der Waals surface area (Å²) in [6.07, 6.45) is 3.05. The van der Waals surface area contributed by atoms with E-state index in [1.165, 1.54) is 0 Å². The summed E-state index contributed by atoms with van der Waals surface area (Å²) in [5, 5.41) is 9.95. The van der Waals surface area contributed by atoms with Crippen LogP contribution in [0.1, 0.15) is 54.6 Å². The topological polar surface area (TPSA) is 99.2 Å². The van der Waals surface area contributed by atoms with Gasteiger partial charge in [0.1, 0.15) is 5.75 Å². The molecule has 2 aromatic carbocycles. The van der Waals surface area contributed by atoms with Crippen LogP contribution in [0.3, 0.4) is 0 Å². The molecule has 1 atom stereocenters. The molecular formula is C27H37N3O5. The molecule has 8 nitrogen and oxygen atoms in total. The molecule has 1 fully saturated rings. The second-order valence-corrected chi connectivity index (χ2v) is 8.28. The van der Waals surface area contributed by atoms with Crippen LogP contribution in [0, 0.1) is 0 Å². The van der Waals surface area contributed by atoms with Crippen molar-refractivity contribution >= 4 is 18.3 Å². The molecule has 2 aromatic rings. The lowest BCUT2D eigenvalue weighted by Crippen LogP contribution is -2.39. The Labute approximate surface area is 207 Å². The van der Waals surface area contributed by atoms with E-state index < -0.39 is 0 Å². The van der Waals surface area contributed by atoms with E-state index in [-0.39, 0.29) is 30.7 Å². The van der Waals surface area contributed by atoms with Gasteiger partial charge in [0.2, 0.25) is 5.91 Å². The number of amides is 2. The molecule has 0 aromatic heterocycles. The lowest BCUT2D eigenvalue weighted by Gasteiger charge is -2.32. The van der Waals surface area contributed by atoms with Crippen molar-refractivity contribution in [2.24, 2.45) is 0 Å². The van der Waals surface area contributed by atoms with Gasteiger partial charge in [0.25, 0.3) is 12.4 Å². The Hall–Kier alpha value is -3.39. The number of methoxy groups -OCH3 is 1. The predicted octanol–water partition coefficient (Wildman–Crippen LogP) is 3.59. The van der Waals surface area contributed by atoms with E-state index in [1.807, 2.05) is 47.4 Å². The van der Waals surface area contributed by atoms with Crippen LogP contribution in [0.25, 0.3) is 0 Å². The van der Waals surface area contributed by atoms with E-state index in [1.54, 1.807) is 19.2 Å². The molecule has 35 heavy (non-hydrogen) atoms. The Balaban J connectivity index is 0.00000137. The van der Waals surface area contributed by atoms with Gasteiger partial charge in [-0.25, -0.2) is 0 Å². The average molecular weight is 484 g/mol. The molecule has 1 aliphatic heterocycles. The fraction of sp³-hybridized carbons (Fsp3) is 0.444. The molecule has 1 aliphatic rings. The van der Waals surface area contributed by atoms with E-state index in [9.17, 15) is 9.59 Å². The number of carbonyl (C=O) groups is 3. The number of para-hydroxylation sites is 1. The van der Waals surface area contributed by atoms with E-state index in [2.05, 4.69) is 17.1 Å². The number of nitrogens with one attached hydrogen (secondary N) is 1. The molecule has 0 bridgehead atoms. The number of nitrogens with zero attached hydrogens (tertiary/aromatic N) is 2. The maximum atomic E-state index is 13.8. The van der Waals surface area contributed by atoms with Crippen molar-refractivity contribution in [2.75, 3.05) is 39.8 Å². The zero-order chi connectivity index (χ0) is 25.5. The first-order chi connectivity index (χ1) is 17.0. The van der Waals surface area contributed by atoms with Gasteiger partial charge in [-0.1, -0.05) is 49.4 Å². The summed E-state index contributed by atoms with van der Waals surface area (Å²) < 4.78 is 5.47. The smallest absolute Gasteiger partial charge is 0.290 e. The predicted molar refractivity (Wildman–Crippen MR) is 135 cm³/mol. The molecule has 1 unspecified atom stereocenters. The van der Waals surface area contributed by atoms with Gasteiger partial charge in [-0.3, -0.25) is 14.4 Å². The molecule has 1 heterocycles. The second kappa shape index (κ2) is 15.5. The number of rotatable bonds is 4. The molecule has 0 saturated carbocycles. The van der Waals surface area contributed by atoms with Crippen molar-refractivity contribution in [3.05, 3.63) is 65.7 Å². The molecule has 1 saturated heterocycles. The Morgan fingerprint density at radius 2 is 1.69 bits per heavy atom. The highest BCUT2D eigenvalue weighted by Crippen LogP contribution is 2.29. The number of carbonyl (C=O) groups excluding carboxylic acids is 2. The normalized spacial score (nSPS) is 17.9. The fourth-order valence-corrected chi connectivity index (χ4v) is 4.28. The number of benzene rings is 2. The van der Waals surface area contributed by atoms with Crippen LogP contribution in [0.4, 0.5) is 0 Å². The maximum Gasteiger partial charge on any atom is 0.290 e. The first kappa shape index (κ1) is 27.9. The van der Waals surface area contributed by atoms with Crippen LogP contribution in [-0.4, -0.2) is 73.0 Å². The standard InChI is InChI=1S/C26H35N3O3.CH2O2/c1-3-28-17-9-10-19-29(26(31)22-14-7-8-15-24(22)32-2)23(21-12-5-4-6-13-21)20-25(30)27-16-11-18-28;2-1-3/h4-8,12-15,23H,3,9-11,16-20H2,1-2H3,(H,27,30);1H,(H,2,3). The second-order valence-electron chi connectivity index (χ2n) is 8.28. The van der Waals surface area contributed by atoms with Crippen molar-refractivity contribution in [3.8, 4) is 5.75 Å². The molecule has 0 aliphatic carbocycles. The van der Waals surface area contributed by atoms with Gasteiger partial charge in [-0.15, -0.1) is 0 Å². The summed E-state index contributed by atoms with van der Waals surface area (Å²) in [6.45, 7) is 6.11. The van der Waals surface area contributed by atoms with Crippen molar-refractivity contribution in [1.82, 2.24) is 15.1 Å².